The standard InChI is InChI=1S/C29H25Cl2NO4/c1-18-24(28(33)35-16-20-10-5-3-6-11-20)26(22-14-9-15-23(30)27(22)31)25(19(2)32-18)29(34)36-17-21-12-7-4-8-13-21/h3-15,26,32H,16-17H2,1-2H3. The molecule has 3 aromatic rings. The SMILES string of the molecule is CC1=C(C(=O)OCc2ccccc2)C(c2cccc(Cl)c2Cl)C(C(=O)OCc2ccccc2)=C(C)N1. The fourth-order valence-electron chi connectivity index (χ4n) is 4.19. The Morgan fingerprint density at radius 3 is 1.67 bits per heavy atom. The van der Waals surface area contributed by atoms with Gasteiger partial charge in [0.25, 0.3) is 0 Å². The van der Waals surface area contributed by atoms with Gasteiger partial charge in [-0.05, 0) is 36.6 Å². The molecule has 184 valence electrons. The van der Waals surface area contributed by atoms with Crippen LogP contribution in [0.5, 0.6) is 0 Å². The number of carbonyl (C=O) groups excluding carboxylic acids is 2. The number of rotatable bonds is 7. The molecule has 5 nitrogen and oxygen atoms in total. The van der Waals surface area contributed by atoms with Gasteiger partial charge in [-0.2, -0.15) is 0 Å². The molecule has 0 spiro atoms. The molecule has 0 radical (unpaired) electrons. The third kappa shape index (κ3) is 5.64. The van der Waals surface area contributed by atoms with Crippen LogP contribution in [0.2, 0.25) is 10.0 Å². The number of hydrogen-bond donors (Lipinski definition) is 1. The molecular weight excluding hydrogens is 497 g/mol. The first-order valence-corrected chi connectivity index (χ1v) is 12.2. The van der Waals surface area contributed by atoms with Gasteiger partial charge in [0.1, 0.15) is 13.2 Å². The summed E-state index contributed by atoms with van der Waals surface area (Å²) in [5.74, 6) is -1.96. The van der Waals surface area contributed by atoms with Crippen LogP contribution < -0.4 is 5.32 Å². The lowest BCUT2D eigenvalue weighted by Crippen LogP contribution is -2.32. The Morgan fingerprint density at radius 2 is 1.19 bits per heavy atom. The lowest BCUT2D eigenvalue weighted by molar-refractivity contribution is -0.141. The molecule has 7 heteroatoms. The van der Waals surface area contributed by atoms with Crippen molar-refractivity contribution < 1.29 is 19.1 Å². The number of allylic oxidation sites excluding steroid dienone is 2. The summed E-state index contributed by atoms with van der Waals surface area (Å²) >= 11 is 12.9. The van der Waals surface area contributed by atoms with Gasteiger partial charge in [-0.15, -0.1) is 0 Å². The van der Waals surface area contributed by atoms with Crippen molar-refractivity contribution in [3.05, 3.63) is 128 Å². The number of ether oxygens (including phenoxy) is 2. The van der Waals surface area contributed by atoms with Gasteiger partial charge in [0.15, 0.2) is 0 Å². The van der Waals surface area contributed by atoms with Crippen molar-refractivity contribution in [3.8, 4) is 0 Å². The van der Waals surface area contributed by atoms with E-state index in [9.17, 15) is 9.59 Å². The molecule has 1 heterocycles. The Labute approximate surface area is 220 Å². The zero-order valence-electron chi connectivity index (χ0n) is 19.9. The minimum atomic E-state index is -0.830. The summed E-state index contributed by atoms with van der Waals surface area (Å²) < 4.78 is 11.3. The summed E-state index contributed by atoms with van der Waals surface area (Å²) in [6.07, 6.45) is 0. The van der Waals surface area contributed by atoms with Crippen LogP contribution in [0.3, 0.4) is 0 Å². The number of esters is 2. The van der Waals surface area contributed by atoms with E-state index in [1.807, 2.05) is 60.7 Å². The van der Waals surface area contributed by atoms with Crippen molar-refractivity contribution in [1.82, 2.24) is 5.32 Å². The highest BCUT2D eigenvalue weighted by molar-refractivity contribution is 6.42. The lowest BCUT2D eigenvalue weighted by atomic mass is 9.80. The molecule has 1 aliphatic rings. The summed E-state index contributed by atoms with van der Waals surface area (Å²) in [4.78, 5) is 26.9. The van der Waals surface area contributed by atoms with E-state index in [2.05, 4.69) is 5.32 Å². The quantitative estimate of drug-likeness (QED) is 0.349. The molecule has 0 bridgehead atoms. The van der Waals surface area contributed by atoms with Crippen molar-refractivity contribution in [2.75, 3.05) is 0 Å². The number of dihydropyridines is 1. The van der Waals surface area contributed by atoms with Crippen molar-refractivity contribution in [2.45, 2.75) is 33.0 Å². The first kappa shape index (κ1) is 25.5. The second kappa shape index (κ2) is 11.5. The van der Waals surface area contributed by atoms with Gasteiger partial charge in [0.2, 0.25) is 0 Å². The van der Waals surface area contributed by atoms with Gasteiger partial charge in [0, 0.05) is 11.4 Å². The molecule has 3 aromatic carbocycles. The number of halogens is 2. The minimum Gasteiger partial charge on any atom is -0.457 e. The van der Waals surface area contributed by atoms with E-state index in [1.54, 1.807) is 32.0 Å². The van der Waals surface area contributed by atoms with E-state index in [0.29, 0.717) is 22.0 Å². The maximum atomic E-state index is 13.4. The van der Waals surface area contributed by atoms with Gasteiger partial charge in [0.05, 0.1) is 27.1 Å². The van der Waals surface area contributed by atoms with E-state index in [1.165, 1.54) is 0 Å². The van der Waals surface area contributed by atoms with Crippen LogP contribution in [0.4, 0.5) is 0 Å². The molecular formula is C29H25Cl2NO4. The van der Waals surface area contributed by atoms with Gasteiger partial charge >= 0.3 is 11.9 Å². The minimum absolute atomic E-state index is 0.0862. The molecule has 0 aromatic heterocycles. The second-order valence-corrected chi connectivity index (χ2v) is 9.19. The van der Waals surface area contributed by atoms with E-state index in [-0.39, 0.29) is 29.4 Å². The zero-order chi connectivity index (χ0) is 25.7. The van der Waals surface area contributed by atoms with Gasteiger partial charge in [-0.25, -0.2) is 9.59 Å². The smallest absolute Gasteiger partial charge is 0.337 e. The van der Waals surface area contributed by atoms with Gasteiger partial charge in [-0.3, -0.25) is 0 Å². The van der Waals surface area contributed by atoms with Crippen LogP contribution >= 0.6 is 23.2 Å². The molecule has 1 N–H and O–H groups in total. The third-order valence-corrected chi connectivity index (χ3v) is 6.75. The molecule has 1 aliphatic heterocycles. The van der Waals surface area contributed by atoms with E-state index in [0.717, 1.165) is 11.1 Å². The predicted molar refractivity (Wildman–Crippen MR) is 140 cm³/mol. The summed E-state index contributed by atoms with van der Waals surface area (Å²) in [7, 11) is 0. The largest absolute Gasteiger partial charge is 0.457 e. The maximum absolute atomic E-state index is 13.4. The van der Waals surface area contributed by atoms with Crippen molar-refractivity contribution >= 4 is 35.1 Å². The highest BCUT2D eigenvalue weighted by Crippen LogP contribution is 2.43. The lowest BCUT2D eigenvalue weighted by Gasteiger charge is -2.31. The molecule has 0 unspecified atom stereocenters. The molecule has 0 amide bonds. The monoisotopic (exact) mass is 521 g/mol. The van der Waals surface area contributed by atoms with Crippen molar-refractivity contribution in [1.29, 1.82) is 0 Å². The Morgan fingerprint density at radius 1 is 0.722 bits per heavy atom. The average Bonchev–Trinajstić information content (AvgIpc) is 2.88. The molecule has 36 heavy (non-hydrogen) atoms. The van der Waals surface area contributed by atoms with Crippen LogP contribution in [0, 0.1) is 0 Å². The zero-order valence-corrected chi connectivity index (χ0v) is 21.4. The van der Waals surface area contributed by atoms with Gasteiger partial charge < -0.3 is 14.8 Å². The van der Waals surface area contributed by atoms with E-state index >= 15 is 0 Å². The van der Waals surface area contributed by atoms with Crippen molar-refractivity contribution in [3.63, 3.8) is 0 Å². The summed E-state index contributed by atoms with van der Waals surface area (Å²) in [6.45, 7) is 3.70. The van der Waals surface area contributed by atoms with E-state index < -0.39 is 17.9 Å². The Kier molecular flexibility index (Phi) is 8.14. The molecule has 0 atom stereocenters. The molecule has 0 aliphatic carbocycles. The first-order chi connectivity index (χ1) is 17.4. The maximum Gasteiger partial charge on any atom is 0.337 e. The second-order valence-electron chi connectivity index (χ2n) is 8.40. The van der Waals surface area contributed by atoms with E-state index in [4.69, 9.17) is 32.7 Å². The summed E-state index contributed by atoms with van der Waals surface area (Å²) in [6, 6.07) is 23.9. The Hall–Kier alpha value is -3.54. The Bertz CT molecular complexity index is 1260. The normalized spacial score (nSPS) is 13.9. The van der Waals surface area contributed by atoms with Crippen LogP contribution in [0.15, 0.2) is 101 Å². The number of benzene rings is 3. The van der Waals surface area contributed by atoms with Gasteiger partial charge in [-0.1, -0.05) is 96.0 Å². The highest BCUT2D eigenvalue weighted by Gasteiger charge is 2.39. The predicted octanol–water partition coefficient (Wildman–Crippen LogP) is 6.72. The topological polar surface area (TPSA) is 64.6 Å². The highest BCUT2D eigenvalue weighted by atomic mass is 35.5. The fourth-order valence-corrected chi connectivity index (χ4v) is 4.61. The molecule has 4 rings (SSSR count). The third-order valence-electron chi connectivity index (χ3n) is 5.92. The molecule has 0 saturated heterocycles. The first-order valence-electron chi connectivity index (χ1n) is 11.4. The number of hydrogen-bond acceptors (Lipinski definition) is 5. The van der Waals surface area contributed by atoms with Crippen LogP contribution in [0.25, 0.3) is 0 Å². The summed E-state index contributed by atoms with van der Waals surface area (Å²) in [5.41, 5.74) is 3.87. The number of nitrogens with one attached hydrogen (secondary N) is 1. The van der Waals surface area contributed by atoms with Crippen LogP contribution in [-0.4, -0.2) is 11.9 Å². The van der Waals surface area contributed by atoms with Crippen LogP contribution in [0.1, 0.15) is 36.5 Å². The fraction of sp³-hybridized carbons (Fsp3) is 0.172. The Balaban J connectivity index is 1.70. The number of carbonyl (C=O) groups is 2. The molecule has 0 saturated carbocycles. The van der Waals surface area contributed by atoms with Crippen LogP contribution in [-0.2, 0) is 32.3 Å². The van der Waals surface area contributed by atoms with Crippen molar-refractivity contribution in [2.24, 2.45) is 0 Å². The molecule has 0 fully saturated rings. The average molecular weight is 522 g/mol. The summed E-state index contributed by atoms with van der Waals surface area (Å²) in [5, 5.41) is 3.73.